The summed E-state index contributed by atoms with van der Waals surface area (Å²) >= 11 is 0. The van der Waals surface area contributed by atoms with Gasteiger partial charge in [0.15, 0.2) is 11.5 Å². The van der Waals surface area contributed by atoms with E-state index in [0.717, 1.165) is 0 Å². The van der Waals surface area contributed by atoms with Gasteiger partial charge in [-0.15, -0.1) is 18.3 Å². The Labute approximate surface area is 150 Å². The summed E-state index contributed by atoms with van der Waals surface area (Å²) in [4.78, 5) is 12.1. The third kappa shape index (κ3) is 3.01. The van der Waals surface area contributed by atoms with E-state index in [2.05, 4.69) is 20.1 Å². The van der Waals surface area contributed by atoms with Crippen molar-refractivity contribution in [1.29, 1.82) is 0 Å². The summed E-state index contributed by atoms with van der Waals surface area (Å²) in [5, 5.41) is 4.13. The molecule has 4 heterocycles. The van der Waals surface area contributed by atoms with Gasteiger partial charge in [0.05, 0.1) is 11.9 Å². The van der Waals surface area contributed by atoms with Crippen LogP contribution >= 0.6 is 0 Å². The van der Waals surface area contributed by atoms with E-state index in [0.29, 0.717) is 16.9 Å². The van der Waals surface area contributed by atoms with Gasteiger partial charge in [-0.05, 0) is 36.4 Å². The molecule has 7 nitrogen and oxygen atoms in total. The quantitative estimate of drug-likeness (QED) is 0.556. The molecule has 0 aliphatic heterocycles. The Morgan fingerprint density at radius 1 is 0.889 bits per heavy atom. The van der Waals surface area contributed by atoms with Crippen molar-refractivity contribution in [2.45, 2.75) is 6.30 Å². The van der Waals surface area contributed by atoms with Crippen molar-refractivity contribution in [3.8, 4) is 11.3 Å². The van der Waals surface area contributed by atoms with Gasteiger partial charge in [0.25, 0.3) is 0 Å². The van der Waals surface area contributed by atoms with E-state index in [-0.39, 0.29) is 22.4 Å². The smallest absolute Gasteiger partial charge is 0.383 e. The maximum Gasteiger partial charge on any atom is 0.491 e. The SMILES string of the molecule is Nc1ncccc1-c1cnc2ccc(N(c3ccccn3)C(F)(F)F)nn12. The van der Waals surface area contributed by atoms with Crippen molar-refractivity contribution in [2.75, 3.05) is 10.6 Å². The van der Waals surface area contributed by atoms with Crippen LogP contribution in [0.4, 0.5) is 30.6 Å². The number of aromatic nitrogens is 5. The molecule has 0 atom stereocenters. The molecule has 10 heteroatoms. The van der Waals surface area contributed by atoms with E-state index >= 15 is 0 Å². The van der Waals surface area contributed by atoms with Crippen LogP contribution in [0.5, 0.6) is 0 Å². The lowest BCUT2D eigenvalue weighted by molar-refractivity contribution is -0.121. The van der Waals surface area contributed by atoms with Gasteiger partial charge in [-0.25, -0.2) is 24.4 Å². The Balaban J connectivity index is 1.90. The molecule has 0 saturated carbocycles. The summed E-state index contributed by atoms with van der Waals surface area (Å²) in [5.74, 6) is -0.418. The average Bonchev–Trinajstić information content (AvgIpc) is 3.05. The summed E-state index contributed by atoms with van der Waals surface area (Å²) in [7, 11) is 0. The van der Waals surface area contributed by atoms with Crippen LogP contribution in [0.2, 0.25) is 0 Å². The summed E-state index contributed by atoms with van der Waals surface area (Å²) in [6, 6.07) is 10.3. The number of nitrogens with two attached hydrogens (primary N) is 1. The predicted molar refractivity (Wildman–Crippen MR) is 93.1 cm³/mol. The molecular formula is C17H12F3N7. The Morgan fingerprint density at radius 2 is 1.70 bits per heavy atom. The molecule has 4 rings (SSSR count). The maximum absolute atomic E-state index is 13.7. The van der Waals surface area contributed by atoms with Crippen molar-refractivity contribution in [3.05, 3.63) is 61.1 Å². The zero-order chi connectivity index (χ0) is 19.0. The number of fused-ring (bicyclic) bond motifs is 1. The van der Waals surface area contributed by atoms with E-state index in [4.69, 9.17) is 5.73 Å². The zero-order valence-corrected chi connectivity index (χ0v) is 13.7. The maximum atomic E-state index is 13.7. The number of pyridine rings is 2. The van der Waals surface area contributed by atoms with Crippen molar-refractivity contribution in [3.63, 3.8) is 0 Å². The number of hydrogen-bond acceptors (Lipinski definition) is 6. The number of imidazole rings is 1. The van der Waals surface area contributed by atoms with Gasteiger partial charge in [-0.3, -0.25) is 0 Å². The molecule has 136 valence electrons. The molecule has 4 aromatic rings. The number of hydrogen-bond donors (Lipinski definition) is 1. The molecule has 0 aromatic carbocycles. The molecule has 0 radical (unpaired) electrons. The first-order chi connectivity index (χ1) is 12.9. The highest BCUT2D eigenvalue weighted by Crippen LogP contribution is 2.34. The van der Waals surface area contributed by atoms with Gasteiger partial charge >= 0.3 is 6.30 Å². The van der Waals surface area contributed by atoms with Crippen molar-refractivity contribution < 1.29 is 13.2 Å². The Kier molecular flexibility index (Phi) is 3.87. The van der Waals surface area contributed by atoms with Crippen LogP contribution < -0.4 is 10.6 Å². The molecular weight excluding hydrogens is 359 g/mol. The Morgan fingerprint density at radius 3 is 2.41 bits per heavy atom. The molecule has 0 aliphatic carbocycles. The van der Waals surface area contributed by atoms with Crippen LogP contribution in [-0.4, -0.2) is 30.9 Å². The van der Waals surface area contributed by atoms with Gasteiger partial charge in [-0.2, -0.15) is 0 Å². The normalized spacial score (nSPS) is 11.7. The Hall–Kier alpha value is -3.69. The molecule has 0 amide bonds. The molecule has 2 N–H and O–H groups in total. The first-order valence-corrected chi connectivity index (χ1v) is 7.79. The monoisotopic (exact) mass is 371 g/mol. The lowest BCUT2D eigenvalue weighted by Gasteiger charge is -2.24. The van der Waals surface area contributed by atoms with Crippen LogP contribution in [0.1, 0.15) is 0 Å². The molecule has 0 unspecified atom stereocenters. The second-order valence-electron chi connectivity index (χ2n) is 5.53. The van der Waals surface area contributed by atoms with Crippen molar-refractivity contribution in [1.82, 2.24) is 24.6 Å². The Bertz CT molecular complexity index is 1090. The minimum atomic E-state index is -4.72. The minimum absolute atomic E-state index is 0.100. The van der Waals surface area contributed by atoms with Crippen LogP contribution in [-0.2, 0) is 0 Å². The summed E-state index contributed by atoms with van der Waals surface area (Å²) in [6.45, 7) is 0. The molecule has 0 fully saturated rings. The van der Waals surface area contributed by atoms with E-state index in [1.165, 1.54) is 53.4 Å². The minimum Gasteiger partial charge on any atom is -0.383 e. The standard InChI is InChI=1S/C17H12F3N7/c18-17(19,20)26(13-5-1-2-8-22-13)15-7-6-14-24-10-12(27(14)25-15)11-4-3-9-23-16(11)21/h1-10H,(H2,21,23). The fourth-order valence-corrected chi connectivity index (χ4v) is 2.66. The third-order valence-electron chi connectivity index (χ3n) is 3.82. The number of rotatable bonds is 3. The van der Waals surface area contributed by atoms with E-state index in [1.807, 2.05) is 0 Å². The van der Waals surface area contributed by atoms with Gasteiger partial charge < -0.3 is 5.73 Å². The van der Waals surface area contributed by atoms with Crippen molar-refractivity contribution in [2.24, 2.45) is 0 Å². The number of alkyl halides is 3. The highest BCUT2D eigenvalue weighted by molar-refractivity contribution is 5.73. The van der Waals surface area contributed by atoms with E-state index in [9.17, 15) is 13.2 Å². The summed E-state index contributed by atoms with van der Waals surface area (Å²) in [6.07, 6.45) is -0.430. The van der Waals surface area contributed by atoms with Gasteiger partial charge in [-0.1, -0.05) is 6.07 Å². The number of halogens is 3. The fraction of sp³-hybridized carbons (Fsp3) is 0.0588. The zero-order valence-electron chi connectivity index (χ0n) is 13.7. The first kappa shape index (κ1) is 16.8. The van der Waals surface area contributed by atoms with Crippen LogP contribution in [0.15, 0.2) is 61.1 Å². The fourth-order valence-electron chi connectivity index (χ4n) is 2.66. The molecule has 0 saturated heterocycles. The van der Waals surface area contributed by atoms with Crippen LogP contribution in [0, 0.1) is 0 Å². The molecule has 27 heavy (non-hydrogen) atoms. The summed E-state index contributed by atoms with van der Waals surface area (Å²) in [5.41, 5.74) is 7.21. The third-order valence-corrected chi connectivity index (χ3v) is 3.82. The largest absolute Gasteiger partial charge is 0.491 e. The lowest BCUT2D eigenvalue weighted by Crippen LogP contribution is -2.35. The second-order valence-corrected chi connectivity index (χ2v) is 5.53. The van der Waals surface area contributed by atoms with Crippen LogP contribution in [0.3, 0.4) is 0 Å². The van der Waals surface area contributed by atoms with Gasteiger partial charge in [0.1, 0.15) is 11.6 Å². The topological polar surface area (TPSA) is 85.2 Å². The first-order valence-electron chi connectivity index (χ1n) is 7.79. The molecule has 0 aliphatic rings. The number of nitrogens with zero attached hydrogens (tertiary/aromatic N) is 6. The number of nitrogen functional groups attached to an aromatic ring is 1. The van der Waals surface area contributed by atoms with Crippen molar-refractivity contribution >= 4 is 23.1 Å². The van der Waals surface area contributed by atoms with Gasteiger partial charge in [0.2, 0.25) is 0 Å². The average molecular weight is 371 g/mol. The summed E-state index contributed by atoms with van der Waals surface area (Å²) < 4.78 is 42.4. The second kappa shape index (κ2) is 6.24. The molecule has 0 bridgehead atoms. The van der Waals surface area contributed by atoms with Gasteiger partial charge in [0, 0.05) is 18.0 Å². The van der Waals surface area contributed by atoms with Crippen LogP contribution in [0.25, 0.3) is 16.9 Å². The molecule has 0 spiro atoms. The predicted octanol–water partition coefficient (Wildman–Crippen LogP) is 3.43. The lowest BCUT2D eigenvalue weighted by atomic mass is 10.2. The number of anilines is 3. The molecule has 4 aromatic heterocycles. The highest BCUT2D eigenvalue weighted by atomic mass is 19.4. The van der Waals surface area contributed by atoms with E-state index < -0.39 is 6.30 Å². The van der Waals surface area contributed by atoms with E-state index in [1.54, 1.807) is 12.1 Å². The highest BCUT2D eigenvalue weighted by Gasteiger charge is 2.41.